The van der Waals surface area contributed by atoms with Crippen LogP contribution < -0.4 is 5.32 Å². The third-order valence-electron chi connectivity index (χ3n) is 4.04. The highest BCUT2D eigenvalue weighted by atomic mass is 16.5. The molecule has 0 saturated heterocycles. The minimum Gasteiger partial charge on any atom is -0.467 e. The van der Waals surface area contributed by atoms with Crippen LogP contribution in [0.3, 0.4) is 0 Å². The molecule has 1 N–H and O–H groups in total. The summed E-state index contributed by atoms with van der Waals surface area (Å²) in [5.41, 5.74) is 2.61. The summed E-state index contributed by atoms with van der Waals surface area (Å²) in [5, 5.41) is 2.66. The second-order valence-electron chi connectivity index (χ2n) is 5.45. The summed E-state index contributed by atoms with van der Waals surface area (Å²) in [6, 6.07) is 7.65. The third-order valence-corrected chi connectivity index (χ3v) is 4.04. The Bertz CT molecular complexity index is 612. The van der Waals surface area contributed by atoms with Gasteiger partial charge in [0.05, 0.1) is 7.11 Å². The van der Waals surface area contributed by atoms with Crippen molar-refractivity contribution in [1.29, 1.82) is 0 Å². The van der Waals surface area contributed by atoms with Crippen molar-refractivity contribution in [2.24, 2.45) is 0 Å². The van der Waals surface area contributed by atoms with Gasteiger partial charge in [0.2, 0.25) is 0 Å². The van der Waals surface area contributed by atoms with Crippen molar-refractivity contribution in [3.8, 4) is 11.8 Å². The molecule has 2 atom stereocenters. The number of benzene rings is 1. The molecule has 0 fully saturated rings. The van der Waals surface area contributed by atoms with Crippen molar-refractivity contribution in [1.82, 2.24) is 5.32 Å². The van der Waals surface area contributed by atoms with Crippen molar-refractivity contribution < 1.29 is 14.3 Å². The van der Waals surface area contributed by atoms with Gasteiger partial charge in [0.25, 0.3) is 5.91 Å². The van der Waals surface area contributed by atoms with Crippen molar-refractivity contribution in [3.63, 3.8) is 0 Å². The lowest BCUT2D eigenvalue weighted by atomic mass is 9.79. The number of aryl methyl sites for hydroxylation is 1. The lowest BCUT2D eigenvalue weighted by Gasteiger charge is -2.28. The SMILES string of the molecule is CC#CC(=O)N[C@@H](C[C@H]1CCCc2ccccc21)C(=O)OC. The Morgan fingerprint density at radius 1 is 1.41 bits per heavy atom. The number of esters is 1. The second-order valence-corrected chi connectivity index (χ2v) is 5.45. The van der Waals surface area contributed by atoms with E-state index < -0.39 is 17.9 Å². The molecule has 1 amide bonds. The maximum Gasteiger partial charge on any atom is 0.328 e. The first-order valence-electron chi connectivity index (χ1n) is 7.54. The number of fused-ring (bicyclic) bond motifs is 1. The molecule has 2 rings (SSSR count). The molecule has 0 aromatic heterocycles. The first-order valence-corrected chi connectivity index (χ1v) is 7.54. The van der Waals surface area contributed by atoms with Crippen LogP contribution in [0.1, 0.15) is 43.2 Å². The zero-order valence-electron chi connectivity index (χ0n) is 13.0. The molecule has 1 aliphatic carbocycles. The van der Waals surface area contributed by atoms with E-state index in [0.717, 1.165) is 19.3 Å². The lowest BCUT2D eigenvalue weighted by Crippen LogP contribution is -2.42. The van der Waals surface area contributed by atoms with Gasteiger partial charge in [-0.2, -0.15) is 0 Å². The molecule has 0 unspecified atom stereocenters. The summed E-state index contributed by atoms with van der Waals surface area (Å²) in [5.74, 6) is 4.33. The number of hydrogen-bond donors (Lipinski definition) is 1. The number of carbonyl (C=O) groups excluding carboxylic acids is 2. The Balaban J connectivity index is 2.15. The average Bonchev–Trinajstić information content (AvgIpc) is 2.54. The van der Waals surface area contributed by atoms with E-state index in [1.807, 2.05) is 12.1 Å². The van der Waals surface area contributed by atoms with E-state index in [9.17, 15) is 9.59 Å². The van der Waals surface area contributed by atoms with Crippen LogP contribution in [0.5, 0.6) is 0 Å². The average molecular weight is 299 g/mol. The number of nitrogens with one attached hydrogen (secondary N) is 1. The molecule has 0 bridgehead atoms. The predicted molar refractivity (Wildman–Crippen MR) is 84.1 cm³/mol. The maximum atomic E-state index is 12.0. The van der Waals surface area contributed by atoms with Crippen molar-refractivity contribution >= 4 is 11.9 Å². The maximum absolute atomic E-state index is 12.0. The summed E-state index contributed by atoms with van der Waals surface area (Å²) in [6.45, 7) is 1.59. The number of amides is 1. The summed E-state index contributed by atoms with van der Waals surface area (Å²) in [7, 11) is 1.34. The van der Waals surface area contributed by atoms with E-state index >= 15 is 0 Å². The van der Waals surface area contributed by atoms with E-state index in [2.05, 4.69) is 29.3 Å². The highest BCUT2D eigenvalue weighted by Crippen LogP contribution is 2.34. The smallest absolute Gasteiger partial charge is 0.328 e. The number of carbonyl (C=O) groups is 2. The molecule has 0 radical (unpaired) electrons. The third kappa shape index (κ3) is 3.88. The fourth-order valence-corrected chi connectivity index (χ4v) is 3.05. The summed E-state index contributed by atoms with van der Waals surface area (Å²) < 4.78 is 4.82. The first-order chi connectivity index (χ1) is 10.7. The van der Waals surface area contributed by atoms with Gasteiger partial charge in [0, 0.05) is 0 Å². The first kappa shape index (κ1) is 16.1. The van der Waals surface area contributed by atoms with Gasteiger partial charge in [-0.1, -0.05) is 30.2 Å². The van der Waals surface area contributed by atoms with E-state index in [1.54, 1.807) is 6.92 Å². The Labute approximate surface area is 131 Å². The number of ether oxygens (including phenoxy) is 1. The van der Waals surface area contributed by atoms with Gasteiger partial charge < -0.3 is 10.1 Å². The van der Waals surface area contributed by atoms with Gasteiger partial charge in [-0.15, -0.1) is 0 Å². The van der Waals surface area contributed by atoms with E-state index in [0.29, 0.717) is 6.42 Å². The standard InChI is InChI=1S/C18H21NO3/c1-3-7-17(20)19-16(18(21)22-2)12-14-10-6-9-13-8-4-5-11-15(13)14/h4-5,8,11,14,16H,6,9-10,12H2,1-2H3,(H,19,20)/t14-,16+/m1/s1. The Kier molecular flexibility index (Phi) is 5.60. The Morgan fingerprint density at radius 2 is 2.18 bits per heavy atom. The highest BCUT2D eigenvalue weighted by Gasteiger charge is 2.28. The quantitative estimate of drug-likeness (QED) is 0.685. The van der Waals surface area contributed by atoms with Crippen LogP contribution in [0.15, 0.2) is 24.3 Å². The summed E-state index contributed by atoms with van der Waals surface area (Å²) >= 11 is 0. The molecule has 4 nitrogen and oxygen atoms in total. The number of rotatable bonds is 4. The minimum absolute atomic E-state index is 0.254. The van der Waals surface area contributed by atoms with Crippen molar-refractivity contribution in [3.05, 3.63) is 35.4 Å². The van der Waals surface area contributed by atoms with Crippen LogP contribution >= 0.6 is 0 Å². The molecular formula is C18H21NO3. The van der Waals surface area contributed by atoms with Gasteiger partial charge in [-0.3, -0.25) is 4.79 Å². The highest BCUT2D eigenvalue weighted by molar-refractivity contribution is 5.96. The fraction of sp³-hybridized carbons (Fsp3) is 0.444. The predicted octanol–water partition coefficient (Wildman–Crippen LogP) is 2.18. The fourth-order valence-electron chi connectivity index (χ4n) is 3.05. The topological polar surface area (TPSA) is 55.4 Å². The van der Waals surface area contributed by atoms with Gasteiger partial charge >= 0.3 is 5.97 Å². The van der Waals surface area contributed by atoms with Crippen LogP contribution in [0.25, 0.3) is 0 Å². The lowest BCUT2D eigenvalue weighted by molar-refractivity contribution is -0.144. The van der Waals surface area contributed by atoms with Gasteiger partial charge in [-0.05, 0) is 55.6 Å². The molecule has 1 aromatic carbocycles. The molecule has 0 saturated carbocycles. The van der Waals surface area contributed by atoms with E-state index in [1.165, 1.54) is 18.2 Å². The number of hydrogen-bond acceptors (Lipinski definition) is 3. The van der Waals surface area contributed by atoms with Crippen molar-refractivity contribution in [2.75, 3.05) is 7.11 Å². The summed E-state index contributed by atoms with van der Waals surface area (Å²) in [4.78, 5) is 23.6. The van der Waals surface area contributed by atoms with Gasteiger partial charge in [0.15, 0.2) is 0 Å². The van der Waals surface area contributed by atoms with Crippen molar-refractivity contribution in [2.45, 2.75) is 44.6 Å². The van der Waals surface area contributed by atoms with Crippen LogP contribution in [0, 0.1) is 11.8 Å². The van der Waals surface area contributed by atoms with Gasteiger partial charge in [-0.25, -0.2) is 4.79 Å². The monoisotopic (exact) mass is 299 g/mol. The molecule has 22 heavy (non-hydrogen) atoms. The second kappa shape index (κ2) is 7.65. The number of methoxy groups -OCH3 is 1. The van der Waals surface area contributed by atoms with Gasteiger partial charge in [0.1, 0.15) is 6.04 Å². The minimum atomic E-state index is -0.658. The molecule has 0 spiro atoms. The Morgan fingerprint density at radius 3 is 2.91 bits per heavy atom. The summed E-state index contributed by atoms with van der Waals surface area (Å²) in [6.07, 6.45) is 3.72. The largest absolute Gasteiger partial charge is 0.467 e. The molecule has 4 heteroatoms. The van der Waals surface area contributed by atoms with Crippen LogP contribution in [0.4, 0.5) is 0 Å². The molecule has 0 heterocycles. The molecule has 1 aliphatic rings. The molecule has 1 aromatic rings. The van der Waals surface area contributed by atoms with Crippen LogP contribution in [-0.4, -0.2) is 25.0 Å². The van der Waals surface area contributed by atoms with Crippen LogP contribution in [-0.2, 0) is 20.7 Å². The molecular weight excluding hydrogens is 278 g/mol. The Hall–Kier alpha value is -2.28. The molecule has 116 valence electrons. The van der Waals surface area contributed by atoms with E-state index in [4.69, 9.17) is 4.74 Å². The van der Waals surface area contributed by atoms with E-state index in [-0.39, 0.29) is 5.92 Å². The zero-order valence-corrected chi connectivity index (χ0v) is 13.0. The zero-order chi connectivity index (χ0) is 15.9. The van der Waals surface area contributed by atoms with Crippen LogP contribution in [0.2, 0.25) is 0 Å². The molecule has 0 aliphatic heterocycles. The normalized spacial score (nSPS) is 17.5.